The van der Waals surface area contributed by atoms with Gasteiger partial charge in [0.1, 0.15) is 6.54 Å². The van der Waals surface area contributed by atoms with E-state index in [2.05, 4.69) is 31.1 Å². The fraction of sp³-hybridized carbons (Fsp3) is 0.467. The molecule has 0 aliphatic heterocycles. The summed E-state index contributed by atoms with van der Waals surface area (Å²) >= 11 is 0. The number of hydrogen-bond acceptors (Lipinski definition) is 5. The smallest absolute Gasteiger partial charge is 0.239 e. The quantitative estimate of drug-likeness (QED) is 0.343. The highest BCUT2D eigenvalue weighted by atomic mass is 16.5. The van der Waals surface area contributed by atoms with Crippen molar-refractivity contribution in [2.24, 2.45) is 4.99 Å². The maximum Gasteiger partial charge on any atom is 0.239 e. The van der Waals surface area contributed by atoms with E-state index >= 15 is 0 Å². The van der Waals surface area contributed by atoms with E-state index in [1.54, 1.807) is 7.11 Å². The van der Waals surface area contributed by atoms with Crippen LogP contribution in [0.4, 0.5) is 0 Å². The zero-order valence-corrected chi connectivity index (χ0v) is 14.0. The van der Waals surface area contributed by atoms with Crippen molar-refractivity contribution in [2.45, 2.75) is 13.5 Å². The molecule has 0 saturated carbocycles. The predicted octanol–water partition coefficient (Wildman–Crippen LogP) is -0.453. The molecule has 0 atom stereocenters. The van der Waals surface area contributed by atoms with Gasteiger partial charge in [-0.3, -0.25) is 9.20 Å². The maximum atomic E-state index is 11.7. The van der Waals surface area contributed by atoms with Crippen LogP contribution in [0.2, 0.25) is 0 Å². The average Bonchev–Trinajstić information content (AvgIpc) is 3.01. The molecule has 9 nitrogen and oxygen atoms in total. The second-order valence-electron chi connectivity index (χ2n) is 4.94. The molecule has 0 radical (unpaired) electrons. The van der Waals surface area contributed by atoms with E-state index in [1.165, 1.54) is 0 Å². The number of ether oxygens (including phenoxy) is 1. The molecule has 2 aromatic heterocycles. The third kappa shape index (κ3) is 5.20. The molecule has 1 amide bonds. The van der Waals surface area contributed by atoms with Crippen molar-refractivity contribution in [1.29, 1.82) is 0 Å². The van der Waals surface area contributed by atoms with Crippen LogP contribution in [-0.4, -0.2) is 59.8 Å². The Kier molecular flexibility index (Phi) is 6.96. The third-order valence-electron chi connectivity index (χ3n) is 3.15. The molecule has 0 aromatic carbocycles. The summed E-state index contributed by atoms with van der Waals surface area (Å²) in [6.07, 6.45) is 1.89. The van der Waals surface area contributed by atoms with Crippen LogP contribution >= 0.6 is 0 Å². The molecule has 2 heterocycles. The lowest BCUT2D eigenvalue weighted by Crippen LogP contribution is -2.43. The molecule has 130 valence electrons. The number of hydrogen-bond donors (Lipinski definition) is 3. The van der Waals surface area contributed by atoms with Gasteiger partial charge in [-0.2, -0.15) is 0 Å². The van der Waals surface area contributed by atoms with E-state index in [0.717, 1.165) is 11.5 Å². The SMILES string of the molecule is CCNC(=NCc1nnc2ccccn12)NCC(=O)NCCOC. The lowest BCUT2D eigenvalue weighted by molar-refractivity contribution is -0.120. The summed E-state index contributed by atoms with van der Waals surface area (Å²) in [7, 11) is 1.59. The van der Waals surface area contributed by atoms with Crippen molar-refractivity contribution >= 4 is 17.5 Å². The fourth-order valence-electron chi connectivity index (χ4n) is 2.01. The van der Waals surface area contributed by atoms with Crippen molar-refractivity contribution in [1.82, 2.24) is 30.5 Å². The number of nitrogens with zero attached hydrogens (tertiary/aromatic N) is 4. The van der Waals surface area contributed by atoms with Gasteiger partial charge in [0.05, 0.1) is 13.2 Å². The standard InChI is InChI=1S/C15H23N7O2/c1-3-16-15(19-11-14(23)17-7-9-24-2)18-10-13-21-20-12-6-4-5-8-22(12)13/h4-6,8H,3,7,9-11H2,1-2H3,(H,17,23)(H2,16,18,19). The Labute approximate surface area is 140 Å². The summed E-state index contributed by atoms with van der Waals surface area (Å²) in [5, 5.41) is 17.0. The molecule has 2 aromatic rings. The van der Waals surface area contributed by atoms with Crippen LogP contribution in [0, 0.1) is 0 Å². The number of fused-ring (bicyclic) bond motifs is 1. The summed E-state index contributed by atoms with van der Waals surface area (Å²) in [6.45, 7) is 4.11. The van der Waals surface area contributed by atoms with Crippen LogP contribution in [0.25, 0.3) is 5.65 Å². The van der Waals surface area contributed by atoms with E-state index in [1.807, 2.05) is 35.7 Å². The molecule has 0 unspecified atom stereocenters. The van der Waals surface area contributed by atoms with Crippen LogP contribution in [0.1, 0.15) is 12.7 Å². The van der Waals surface area contributed by atoms with Crippen molar-refractivity contribution in [3.63, 3.8) is 0 Å². The van der Waals surface area contributed by atoms with Gasteiger partial charge >= 0.3 is 0 Å². The average molecular weight is 333 g/mol. The maximum absolute atomic E-state index is 11.7. The molecule has 24 heavy (non-hydrogen) atoms. The lowest BCUT2D eigenvalue weighted by Gasteiger charge is -2.11. The van der Waals surface area contributed by atoms with E-state index in [4.69, 9.17) is 4.74 Å². The number of amides is 1. The Hall–Kier alpha value is -2.68. The zero-order valence-electron chi connectivity index (χ0n) is 14.0. The number of aliphatic imine (C=N–C) groups is 1. The first kappa shape index (κ1) is 17.7. The number of guanidine groups is 1. The van der Waals surface area contributed by atoms with Gasteiger partial charge in [-0.15, -0.1) is 10.2 Å². The lowest BCUT2D eigenvalue weighted by atomic mass is 10.4. The fourth-order valence-corrected chi connectivity index (χ4v) is 2.01. The topological polar surface area (TPSA) is 105 Å². The van der Waals surface area contributed by atoms with Crippen molar-refractivity contribution in [3.05, 3.63) is 30.2 Å². The molecule has 0 aliphatic carbocycles. The Morgan fingerprint density at radius 1 is 1.29 bits per heavy atom. The first-order chi connectivity index (χ1) is 11.7. The summed E-state index contributed by atoms with van der Waals surface area (Å²) in [5.41, 5.74) is 0.776. The van der Waals surface area contributed by atoms with Gasteiger partial charge in [0, 0.05) is 26.4 Å². The Morgan fingerprint density at radius 2 is 2.17 bits per heavy atom. The Morgan fingerprint density at radius 3 is 2.96 bits per heavy atom. The number of aromatic nitrogens is 3. The number of methoxy groups -OCH3 is 1. The molecule has 9 heteroatoms. The normalized spacial score (nSPS) is 11.5. The Balaban J connectivity index is 1.91. The summed E-state index contributed by atoms with van der Waals surface area (Å²) in [4.78, 5) is 16.1. The molecular formula is C15H23N7O2. The molecule has 0 fully saturated rings. The van der Waals surface area contributed by atoms with Crippen molar-refractivity contribution < 1.29 is 9.53 Å². The molecule has 3 N–H and O–H groups in total. The minimum atomic E-state index is -0.120. The van der Waals surface area contributed by atoms with Gasteiger partial charge in [-0.05, 0) is 19.1 Å². The number of carbonyl (C=O) groups excluding carboxylic acids is 1. The van der Waals surface area contributed by atoms with E-state index in [0.29, 0.717) is 32.2 Å². The summed E-state index contributed by atoms with van der Waals surface area (Å²) < 4.78 is 6.76. The number of rotatable bonds is 8. The van der Waals surface area contributed by atoms with Crippen LogP contribution in [0.15, 0.2) is 29.4 Å². The van der Waals surface area contributed by atoms with Gasteiger partial charge in [0.15, 0.2) is 17.4 Å². The van der Waals surface area contributed by atoms with Gasteiger partial charge < -0.3 is 20.7 Å². The largest absolute Gasteiger partial charge is 0.383 e. The van der Waals surface area contributed by atoms with Crippen LogP contribution in [0.3, 0.4) is 0 Å². The predicted molar refractivity (Wildman–Crippen MR) is 90.7 cm³/mol. The minimum Gasteiger partial charge on any atom is -0.383 e. The minimum absolute atomic E-state index is 0.120. The van der Waals surface area contributed by atoms with Crippen LogP contribution in [-0.2, 0) is 16.1 Å². The summed E-state index contributed by atoms with van der Waals surface area (Å²) in [5.74, 6) is 1.16. The van der Waals surface area contributed by atoms with Crippen molar-refractivity contribution in [2.75, 3.05) is 33.4 Å². The highest BCUT2D eigenvalue weighted by Crippen LogP contribution is 2.03. The number of nitrogens with one attached hydrogen (secondary N) is 3. The molecule has 0 spiro atoms. The number of pyridine rings is 1. The molecular weight excluding hydrogens is 310 g/mol. The Bertz CT molecular complexity index is 683. The van der Waals surface area contributed by atoms with E-state index < -0.39 is 0 Å². The second kappa shape index (κ2) is 9.46. The molecule has 0 saturated heterocycles. The van der Waals surface area contributed by atoms with Crippen LogP contribution < -0.4 is 16.0 Å². The first-order valence-electron chi connectivity index (χ1n) is 7.81. The monoisotopic (exact) mass is 333 g/mol. The summed E-state index contributed by atoms with van der Waals surface area (Å²) in [6, 6.07) is 5.70. The second-order valence-corrected chi connectivity index (χ2v) is 4.94. The van der Waals surface area contributed by atoms with Gasteiger partial charge in [0.2, 0.25) is 5.91 Å². The van der Waals surface area contributed by atoms with E-state index in [9.17, 15) is 4.79 Å². The van der Waals surface area contributed by atoms with Crippen LogP contribution in [0.5, 0.6) is 0 Å². The van der Waals surface area contributed by atoms with Gasteiger partial charge in [0.25, 0.3) is 0 Å². The zero-order chi connectivity index (χ0) is 17.2. The van der Waals surface area contributed by atoms with Crippen molar-refractivity contribution in [3.8, 4) is 0 Å². The molecule has 0 aliphatic rings. The van der Waals surface area contributed by atoms with E-state index in [-0.39, 0.29) is 12.5 Å². The first-order valence-corrected chi connectivity index (χ1v) is 7.81. The highest BCUT2D eigenvalue weighted by molar-refractivity contribution is 5.86. The van der Waals surface area contributed by atoms with Gasteiger partial charge in [-0.1, -0.05) is 6.07 Å². The third-order valence-corrected chi connectivity index (χ3v) is 3.15. The number of carbonyl (C=O) groups is 1. The highest BCUT2D eigenvalue weighted by Gasteiger charge is 2.06. The molecule has 0 bridgehead atoms. The molecule has 2 rings (SSSR count). The van der Waals surface area contributed by atoms with Gasteiger partial charge in [-0.25, -0.2) is 4.99 Å².